The van der Waals surface area contributed by atoms with Crippen molar-refractivity contribution in [2.75, 3.05) is 0 Å². The maximum atomic E-state index is 13.0. The highest BCUT2D eigenvalue weighted by Gasteiger charge is 2.19. The van der Waals surface area contributed by atoms with Crippen molar-refractivity contribution in [3.05, 3.63) is 29.0 Å². The first-order chi connectivity index (χ1) is 8.99. The van der Waals surface area contributed by atoms with Gasteiger partial charge in [0.15, 0.2) is 5.82 Å². The van der Waals surface area contributed by atoms with Gasteiger partial charge in [0, 0.05) is 5.56 Å². The van der Waals surface area contributed by atoms with E-state index in [4.69, 9.17) is 16.7 Å². The van der Waals surface area contributed by atoms with Gasteiger partial charge in [-0.1, -0.05) is 11.6 Å². The molecule has 0 amide bonds. The van der Waals surface area contributed by atoms with E-state index in [1.54, 1.807) is 6.92 Å². The van der Waals surface area contributed by atoms with E-state index in [1.807, 2.05) is 0 Å². The lowest BCUT2D eigenvalue weighted by Crippen LogP contribution is -2.13. The fourth-order valence-corrected chi connectivity index (χ4v) is 1.93. The van der Waals surface area contributed by atoms with Crippen LogP contribution >= 0.6 is 11.6 Å². The molecule has 1 heterocycles. The van der Waals surface area contributed by atoms with E-state index >= 15 is 0 Å². The number of aliphatic carboxylic acids is 1. The van der Waals surface area contributed by atoms with Crippen LogP contribution in [0.2, 0.25) is 5.02 Å². The number of nitrogens with zero attached hydrogens (tertiary/aromatic N) is 4. The van der Waals surface area contributed by atoms with E-state index in [0.29, 0.717) is 11.4 Å². The van der Waals surface area contributed by atoms with Gasteiger partial charge in [-0.15, -0.1) is 5.10 Å². The first-order valence-electron chi connectivity index (χ1n) is 5.44. The number of benzene rings is 1. The maximum Gasteiger partial charge on any atom is 0.305 e. The molecule has 2 rings (SSSR count). The molecule has 100 valence electrons. The molecule has 0 bridgehead atoms. The Bertz CT molecular complexity index is 616. The molecule has 0 radical (unpaired) electrons. The van der Waals surface area contributed by atoms with E-state index in [2.05, 4.69) is 15.5 Å². The molecule has 1 aromatic heterocycles. The third-order valence-corrected chi connectivity index (χ3v) is 2.87. The van der Waals surface area contributed by atoms with Crippen LogP contribution in [0.1, 0.15) is 19.4 Å². The lowest BCUT2D eigenvalue weighted by atomic mass is 10.2. The average molecular weight is 285 g/mol. The maximum absolute atomic E-state index is 13.0. The molecule has 6 nitrogen and oxygen atoms in total. The summed E-state index contributed by atoms with van der Waals surface area (Å²) in [5.74, 6) is -1.12. The molecule has 0 aliphatic heterocycles. The number of carboxylic acids is 1. The lowest BCUT2D eigenvalue weighted by Gasteiger charge is -2.11. The second-order valence-electron chi connectivity index (χ2n) is 4.02. The molecule has 1 atom stereocenters. The van der Waals surface area contributed by atoms with Gasteiger partial charge in [-0.05, 0) is 35.5 Å². The van der Waals surface area contributed by atoms with Gasteiger partial charge in [-0.3, -0.25) is 4.79 Å². The minimum atomic E-state index is -0.959. The number of hydrogen-bond acceptors (Lipinski definition) is 4. The minimum absolute atomic E-state index is 0.128. The quantitative estimate of drug-likeness (QED) is 0.930. The number of aromatic nitrogens is 4. The second-order valence-corrected chi connectivity index (χ2v) is 4.43. The van der Waals surface area contributed by atoms with Crippen molar-refractivity contribution in [1.82, 2.24) is 20.2 Å². The average Bonchev–Trinajstić information content (AvgIpc) is 2.76. The molecule has 0 spiro atoms. The van der Waals surface area contributed by atoms with Gasteiger partial charge in [0.25, 0.3) is 0 Å². The Hall–Kier alpha value is -2.02. The molecular weight excluding hydrogens is 275 g/mol. The van der Waals surface area contributed by atoms with Gasteiger partial charge in [-0.2, -0.15) is 0 Å². The first-order valence-corrected chi connectivity index (χ1v) is 5.82. The summed E-state index contributed by atoms with van der Waals surface area (Å²) < 4.78 is 14.4. The molecule has 1 unspecified atom stereocenters. The summed E-state index contributed by atoms with van der Waals surface area (Å²) in [5, 5.41) is 20.0. The minimum Gasteiger partial charge on any atom is -0.481 e. The van der Waals surface area contributed by atoms with Gasteiger partial charge in [0.05, 0.1) is 17.5 Å². The summed E-state index contributed by atoms with van der Waals surface area (Å²) in [7, 11) is 0. The Morgan fingerprint density at radius 2 is 2.32 bits per heavy atom. The second kappa shape index (κ2) is 5.31. The van der Waals surface area contributed by atoms with Crippen molar-refractivity contribution in [3.8, 4) is 11.4 Å². The first kappa shape index (κ1) is 13.4. The summed E-state index contributed by atoms with van der Waals surface area (Å²) in [4.78, 5) is 10.7. The van der Waals surface area contributed by atoms with Crippen LogP contribution in [0.4, 0.5) is 4.39 Å². The molecule has 0 aliphatic carbocycles. The zero-order valence-corrected chi connectivity index (χ0v) is 10.7. The van der Waals surface area contributed by atoms with E-state index in [9.17, 15) is 9.18 Å². The number of halogens is 2. The van der Waals surface area contributed by atoms with E-state index in [1.165, 1.54) is 16.8 Å². The Labute approximate surface area is 112 Å². The monoisotopic (exact) mass is 284 g/mol. The van der Waals surface area contributed by atoms with Crippen molar-refractivity contribution < 1.29 is 14.3 Å². The molecule has 1 N–H and O–H groups in total. The molecule has 19 heavy (non-hydrogen) atoms. The highest BCUT2D eigenvalue weighted by molar-refractivity contribution is 6.33. The Morgan fingerprint density at radius 1 is 1.58 bits per heavy atom. The molecular formula is C11H10ClFN4O2. The SMILES string of the molecule is CC(CC(=O)O)n1nnnc1-c1ccc(F)cc1Cl. The fraction of sp³-hybridized carbons (Fsp3) is 0.273. The number of tetrazole rings is 1. The van der Waals surface area contributed by atoms with Crippen LogP contribution in [-0.4, -0.2) is 31.3 Å². The van der Waals surface area contributed by atoms with Crippen LogP contribution in [0, 0.1) is 5.82 Å². The highest BCUT2D eigenvalue weighted by Crippen LogP contribution is 2.28. The summed E-state index contributed by atoms with van der Waals surface area (Å²) in [6.45, 7) is 1.67. The van der Waals surface area contributed by atoms with Crippen LogP contribution in [0.5, 0.6) is 0 Å². The Balaban J connectivity index is 2.41. The zero-order chi connectivity index (χ0) is 14.0. The molecule has 0 fully saturated rings. The molecule has 2 aromatic rings. The summed E-state index contributed by atoms with van der Waals surface area (Å²) >= 11 is 5.94. The fourth-order valence-electron chi connectivity index (χ4n) is 1.68. The molecule has 8 heteroatoms. The predicted octanol–water partition coefficient (Wildman–Crippen LogP) is 2.17. The predicted molar refractivity (Wildman–Crippen MR) is 65.2 cm³/mol. The zero-order valence-electron chi connectivity index (χ0n) is 9.92. The third kappa shape index (κ3) is 2.87. The molecule has 1 aromatic carbocycles. The lowest BCUT2D eigenvalue weighted by molar-refractivity contribution is -0.137. The summed E-state index contributed by atoms with van der Waals surface area (Å²) in [6, 6.07) is 3.40. The van der Waals surface area contributed by atoms with Crippen molar-refractivity contribution >= 4 is 17.6 Å². The molecule has 0 saturated carbocycles. The third-order valence-electron chi connectivity index (χ3n) is 2.55. The molecule has 0 saturated heterocycles. The highest BCUT2D eigenvalue weighted by atomic mass is 35.5. The van der Waals surface area contributed by atoms with Crippen LogP contribution in [0.25, 0.3) is 11.4 Å². The van der Waals surface area contributed by atoms with Gasteiger partial charge in [0.1, 0.15) is 5.82 Å². The van der Waals surface area contributed by atoms with Gasteiger partial charge in [0.2, 0.25) is 0 Å². The van der Waals surface area contributed by atoms with Crippen LogP contribution in [0.3, 0.4) is 0 Å². The standard InChI is InChI=1S/C11H10ClFN4O2/c1-6(4-10(18)19)17-11(14-15-16-17)8-3-2-7(13)5-9(8)12/h2-3,5-6H,4H2,1H3,(H,18,19). The van der Waals surface area contributed by atoms with Crippen molar-refractivity contribution in [3.63, 3.8) is 0 Å². The number of rotatable bonds is 4. The normalized spacial score (nSPS) is 12.4. The molecule has 0 aliphatic rings. The smallest absolute Gasteiger partial charge is 0.305 e. The van der Waals surface area contributed by atoms with Crippen molar-refractivity contribution in [2.24, 2.45) is 0 Å². The largest absolute Gasteiger partial charge is 0.481 e. The van der Waals surface area contributed by atoms with Gasteiger partial charge < -0.3 is 5.11 Å². The van der Waals surface area contributed by atoms with Crippen molar-refractivity contribution in [1.29, 1.82) is 0 Å². The summed E-state index contributed by atoms with van der Waals surface area (Å²) in [5.41, 5.74) is 0.449. The van der Waals surface area contributed by atoms with E-state index < -0.39 is 17.8 Å². The Morgan fingerprint density at radius 3 is 2.95 bits per heavy atom. The van der Waals surface area contributed by atoms with Crippen molar-refractivity contribution in [2.45, 2.75) is 19.4 Å². The Kier molecular flexibility index (Phi) is 3.75. The van der Waals surface area contributed by atoms with E-state index in [-0.39, 0.29) is 11.4 Å². The van der Waals surface area contributed by atoms with E-state index in [0.717, 1.165) is 6.07 Å². The number of carboxylic acid groups (broad SMARTS) is 1. The number of hydrogen-bond donors (Lipinski definition) is 1. The van der Waals surface area contributed by atoms with Crippen LogP contribution in [0.15, 0.2) is 18.2 Å². The van der Waals surface area contributed by atoms with Crippen LogP contribution in [-0.2, 0) is 4.79 Å². The number of carbonyl (C=O) groups is 1. The van der Waals surface area contributed by atoms with Crippen LogP contribution < -0.4 is 0 Å². The van der Waals surface area contributed by atoms with Gasteiger partial charge in [-0.25, -0.2) is 9.07 Å². The topological polar surface area (TPSA) is 80.9 Å². The summed E-state index contributed by atoms with van der Waals surface area (Å²) in [6.07, 6.45) is -0.128. The van der Waals surface area contributed by atoms with Gasteiger partial charge >= 0.3 is 5.97 Å².